The third-order valence-corrected chi connectivity index (χ3v) is 3.43. The van der Waals surface area contributed by atoms with Gasteiger partial charge in [0.1, 0.15) is 0 Å². The SMILES string of the molecule is BrCCCSCCc1ccccc1. The summed E-state index contributed by atoms with van der Waals surface area (Å²) in [4.78, 5) is 0. The summed E-state index contributed by atoms with van der Waals surface area (Å²) in [5, 5.41) is 1.13. The van der Waals surface area contributed by atoms with Crippen LogP contribution in [0.1, 0.15) is 12.0 Å². The second kappa shape index (κ2) is 7.45. The first-order chi connectivity index (χ1) is 6.43. The van der Waals surface area contributed by atoms with E-state index in [2.05, 4.69) is 46.3 Å². The van der Waals surface area contributed by atoms with Gasteiger partial charge in [0, 0.05) is 5.33 Å². The predicted molar refractivity (Wildman–Crippen MR) is 65.9 cm³/mol. The third-order valence-electron chi connectivity index (χ3n) is 1.80. The summed E-state index contributed by atoms with van der Waals surface area (Å²) in [5.74, 6) is 2.52. The normalized spacial score (nSPS) is 10.2. The zero-order chi connectivity index (χ0) is 9.36. The first-order valence-corrected chi connectivity index (χ1v) is 6.89. The van der Waals surface area contributed by atoms with Crippen LogP contribution in [0.3, 0.4) is 0 Å². The van der Waals surface area contributed by atoms with Crippen molar-refractivity contribution in [3.63, 3.8) is 0 Å². The number of rotatable bonds is 6. The molecule has 0 amide bonds. The molecule has 2 heteroatoms. The molecule has 0 atom stereocenters. The molecule has 0 bridgehead atoms. The summed E-state index contributed by atoms with van der Waals surface area (Å²) in [6.07, 6.45) is 2.48. The Labute approximate surface area is 93.2 Å². The minimum absolute atomic E-state index is 1.13. The number of hydrogen-bond acceptors (Lipinski definition) is 1. The maximum atomic E-state index is 3.43. The number of thioether (sulfide) groups is 1. The molecule has 0 spiro atoms. The van der Waals surface area contributed by atoms with Crippen LogP contribution in [0.25, 0.3) is 0 Å². The highest BCUT2D eigenvalue weighted by Gasteiger charge is 1.91. The van der Waals surface area contributed by atoms with Crippen LogP contribution in [0.4, 0.5) is 0 Å². The van der Waals surface area contributed by atoms with Crippen LogP contribution >= 0.6 is 27.7 Å². The number of halogens is 1. The van der Waals surface area contributed by atoms with Gasteiger partial charge in [-0.2, -0.15) is 11.8 Å². The maximum absolute atomic E-state index is 3.43. The van der Waals surface area contributed by atoms with Gasteiger partial charge >= 0.3 is 0 Å². The van der Waals surface area contributed by atoms with Gasteiger partial charge in [0.05, 0.1) is 0 Å². The largest absolute Gasteiger partial charge is 0.162 e. The molecule has 0 nitrogen and oxygen atoms in total. The minimum Gasteiger partial charge on any atom is -0.162 e. The molecule has 0 N–H and O–H groups in total. The van der Waals surface area contributed by atoms with Crippen LogP contribution in [-0.2, 0) is 6.42 Å². The van der Waals surface area contributed by atoms with E-state index in [0.717, 1.165) is 5.33 Å². The minimum atomic E-state index is 1.13. The Morgan fingerprint density at radius 2 is 1.85 bits per heavy atom. The average molecular weight is 259 g/mol. The molecule has 1 aromatic rings. The Morgan fingerprint density at radius 1 is 1.08 bits per heavy atom. The van der Waals surface area contributed by atoms with Crippen LogP contribution in [0.15, 0.2) is 30.3 Å². The Bertz CT molecular complexity index is 211. The molecular formula is C11H15BrS. The maximum Gasteiger partial charge on any atom is 0.00391 e. The lowest BCUT2D eigenvalue weighted by molar-refractivity contribution is 1.11. The first kappa shape index (κ1) is 11.1. The molecule has 0 aliphatic heterocycles. The quantitative estimate of drug-likeness (QED) is 0.554. The van der Waals surface area contributed by atoms with E-state index in [0.29, 0.717) is 0 Å². The van der Waals surface area contributed by atoms with Crippen LogP contribution in [-0.4, -0.2) is 16.8 Å². The van der Waals surface area contributed by atoms with E-state index in [1.165, 1.54) is 29.9 Å². The summed E-state index contributed by atoms with van der Waals surface area (Å²) in [6, 6.07) is 10.7. The number of hydrogen-bond donors (Lipinski definition) is 0. The van der Waals surface area contributed by atoms with E-state index in [1.807, 2.05) is 11.8 Å². The fourth-order valence-electron chi connectivity index (χ4n) is 1.09. The second-order valence-electron chi connectivity index (χ2n) is 2.89. The van der Waals surface area contributed by atoms with Crippen molar-refractivity contribution in [2.75, 3.05) is 16.8 Å². The number of benzene rings is 1. The number of aryl methyl sites for hydroxylation is 1. The van der Waals surface area contributed by atoms with Gasteiger partial charge in [0.25, 0.3) is 0 Å². The van der Waals surface area contributed by atoms with Crippen molar-refractivity contribution in [3.05, 3.63) is 35.9 Å². The van der Waals surface area contributed by atoms with Crippen molar-refractivity contribution in [2.24, 2.45) is 0 Å². The van der Waals surface area contributed by atoms with Gasteiger partial charge in [0.15, 0.2) is 0 Å². The van der Waals surface area contributed by atoms with Gasteiger partial charge in [-0.05, 0) is 29.9 Å². The molecule has 72 valence electrons. The topological polar surface area (TPSA) is 0 Å². The Balaban J connectivity index is 2.07. The molecule has 0 aliphatic rings. The standard InChI is InChI=1S/C11H15BrS/c12-8-4-9-13-10-7-11-5-2-1-3-6-11/h1-3,5-6H,4,7-10H2. The van der Waals surface area contributed by atoms with Gasteiger partial charge in [-0.25, -0.2) is 0 Å². The van der Waals surface area contributed by atoms with Gasteiger partial charge in [0.2, 0.25) is 0 Å². The lowest BCUT2D eigenvalue weighted by atomic mass is 10.2. The van der Waals surface area contributed by atoms with Crippen molar-refractivity contribution in [2.45, 2.75) is 12.8 Å². The van der Waals surface area contributed by atoms with Crippen molar-refractivity contribution >= 4 is 27.7 Å². The molecule has 0 radical (unpaired) electrons. The molecule has 0 heterocycles. The van der Waals surface area contributed by atoms with E-state index >= 15 is 0 Å². The van der Waals surface area contributed by atoms with Crippen LogP contribution in [0, 0.1) is 0 Å². The Morgan fingerprint density at radius 3 is 2.54 bits per heavy atom. The van der Waals surface area contributed by atoms with Crippen molar-refractivity contribution in [3.8, 4) is 0 Å². The lowest BCUT2D eigenvalue weighted by Gasteiger charge is -2.00. The van der Waals surface area contributed by atoms with E-state index in [9.17, 15) is 0 Å². The fraction of sp³-hybridized carbons (Fsp3) is 0.455. The molecule has 0 saturated heterocycles. The van der Waals surface area contributed by atoms with Crippen molar-refractivity contribution in [1.29, 1.82) is 0 Å². The monoisotopic (exact) mass is 258 g/mol. The van der Waals surface area contributed by atoms with Gasteiger partial charge < -0.3 is 0 Å². The highest BCUT2D eigenvalue weighted by molar-refractivity contribution is 9.09. The third kappa shape index (κ3) is 5.37. The molecule has 0 aliphatic carbocycles. The van der Waals surface area contributed by atoms with E-state index < -0.39 is 0 Å². The molecule has 0 fully saturated rings. The van der Waals surface area contributed by atoms with Crippen LogP contribution in [0.2, 0.25) is 0 Å². The molecule has 1 rings (SSSR count). The number of alkyl halides is 1. The summed E-state index contributed by atoms with van der Waals surface area (Å²) < 4.78 is 0. The molecule has 0 unspecified atom stereocenters. The molecule has 0 saturated carbocycles. The molecule has 0 aromatic heterocycles. The summed E-state index contributed by atoms with van der Waals surface area (Å²) in [7, 11) is 0. The summed E-state index contributed by atoms with van der Waals surface area (Å²) >= 11 is 5.48. The van der Waals surface area contributed by atoms with Crippen molar-refractivity contribution < 1.29 is 0 Å². The Hall–Kier alpha value is 0.0500. The van der Waals surface area contributed by atoms with E-state index in [4.69, 9.17) is 0 Å². The van der Waals surface area contributed by atoms with Crippen LogP contribution in [0.5, 0.6) is 0 Å². The molecular weight excluding hydrogens is 244 g/mol. The lowest BCUT2D eigenvalue weighted by Crippen LogP contribution is -1.89. The molecule has 1 aromatic carbocycles. The summed E-state index contributed by atoms with van der Waals surface area (Å²) in [5.41, 5.74) is 1.45. The zero-order valence-electron chi connectivity index (χ0n) is 7.71. The second-order valence-corrected chi connectivity index (χ2v) is 4.91. The van der Waals surface area contributed by atoms with E-state index in [1.54, 1.807) is 0 Å². The first-order valence-electron chi connectivity index (χ1n) is 4.61. The fourth-order valence-corrected chi connectivity index (χ4v) is 2.68. The van der Waals surface area contributed by atoms with Crippen molar-refractivity contribution in [1.82, 2.24) is 0 Å². The van der Waals surface area contributed by atoms with E-state index in [-0.39, 0.29) is 0 Å². The van der Waals surface area contributed by atoms with Gasteiger partial charge in [-0.1, -0.05) is 46.3 Å². The highest BCUT2D eigenvalue weighted by Crippen LogP contribution is 2.08. The zero-order valence-corrected chi connectivity index (χ0v) is 10.1. The highest BCUT2D eigenvalue weighted by atomic mass is 79.9. The summed E-state index contributed by atoms with van der Waals surface area (Å²) in [6.45, 7) is 0. The van der Waals surface area contributed by atoms with Gasteiger partial charge in [-0.15, -0.1) is 0 Å². The predicted octanol–water partition coefficient (Wildman–Crippen LogP) is 3.75. The molecule has 13 heavy (non-hydrogen) atoms. The average Bonchev–Trinajstić information content (AvgIpc) is 2.19. The smallest absolute Gasteiger partial charge is 0.00391 e. The van der Waals surface area contributed by atoms with Crippen LogP contribution < -0.4 is 0 Å². The van der Waals surface area contributed by atoms with Gasteiger partial charge in [-0.3, -0.25) is 0 Å². The Kier molecular flexibility index (Phi) is 6.38.